The minimum Gasteiger partial charge on any atom is -0.341 e. The van der Waals surface area contributed by atoms with E-state index in [1.807, 2.05) is 48.0 Å². The van der Waals surface area contributed by atoms with Crippen LogP contribution in [0.1, 0.15) is 11.1 Å². The summed E-state index contributed by atoms with van der Waals surface area (Å²) in [5, 5.41) is 13.1. The van der Waals surface area contributed by atoms with Gasteiger partial charge in [0.15, 0.2) is 11.0 Å². The number of benzene rings is 2. The van der Waals surface area contributed by atoms with Crippen molar-refractivity contribution in [2.75, 3.05) is 12.8 Å². The van der Waals surface area contributed by atoms with Gasteiger partial charge in [-0.1, -0.05) is 41.6 Å². The number of aromatic nitrogens is 3. The molecule has 0 saturated heterocycles. The predicted molar refractivity (Wildman–Crippen MR) is 123 cm³/mol. The number of hydrogen-bond donors (Lipinski definition) is 0. The third-order valence-corrected chi connectivity index (χ3v) is 6.44. The van der Waals surface area contributed by atoms with Gasteiger partial charge in [0.05, 0.1) is 11.3 Å². The van der Waals surface area contributed by atoms with Crippen molar-refractivity contribution in [2.24, 2.45) is 0 Å². The Labute approximate surface area is 188 Å². The Bertz CT molecular complexity index is 1170. The van der Waals surface area contributed by atoms with Crippen molar-refractivity contribution in [1.29, 1.82) is 0 Å². The summed E-state index contributed by atoms with van der Waals surface area (Å²) in [6, 6.07) is 16.3. The third kappa shape index (κ3) is 4.86. The van der Waals surface area contributed by atoms with E-state index in [0.717, 1.165) is 16.8 Å². The highest BCUT2D eigenvalue weighted by Crippen LogP contribution is 2.29. The number of thiophene rings is 1. The standard InChI is InChI=1S/C23H21FN4OS2/c1-16-7-9-18(10-8-16)28-22(19-5-3-4-6-20(19)24)25-26-23(28)31-15-21(29)27(2)13-17-11-12-30-14-17/h3-12,14H,13,15H2,1-2H3. The predicted octanol–water partition coefficient (Wildman–Crippen LogP) is 5.19. The number of nitrogens with zero attached hydrogens (tertiary/aromatic N) is 4. The van der Waals surface area contributed by atoms with Crippen LogP contribution in [0.25, 0.3) is 17.1 Å². The molecule has 0 fully saturated rings. The number of amides is 1. The van der Waals surface area contributed by atoms with Crippen molar-refractivity contribution in [1.82, 2.24) is 19.7 Å². The zero-order valence-corrected chi connectivity index (χ0v) is 18.8. The van der Waals surface area contributed by atoms with Gasteiger partial charge >= 0.3 is 0 Å². The minimum atomic E-state index is -0.369. The summed E-state index contributed by atoms with van der Waals surface area (Å²) in [4.78, 5) is 14.4. The monoisotopic (exact) mass is 452 g/mol. The van der Waals surface area contributed by atoms with Crippen LogP contribution >= 0.6 is 23.1 Å². The van der Waals surface area contributed by atoms with Gasteiger partial charge in [0.1, 0.15) is 5.82 Å². The van der Waals surface area contributed by atoms with Crippen molar-refractivity contribution in [3.63, 3.8) is 0 Å². The highest BCUT2D eigenvalue weighted by atomic mass is 32.2. The van der Waals surface area contributed by atoms with Crippen LogP contribution in [-0.4, -0.2) is 38.4 Å². The molecule has 8 heteroatoms. The molecule has 0 N–H and O–H groups in total. The molecule has 158 valence electrons. The van der Waals surface area contributed by atoms with Gasteiger partial charge in [0, 0.05) is 19.3 Å². The van der Waals surface area contributed by atoms with Crippen molar-refractivity contribution in [3.8, 4) is 17.1 Å². The molecule has 0 aliphatic heterocycles. The highest BCUT2D eigenvalue weighted by molar-refractivity contribution is 7.99. The SMILES string of the molecule is Cc1ccc(-n2c(SCC(=O)N(C)Cc3ccsc3)nnc2-c2ccccc2F)cc1. The normalized spacial score (nSPS) is 10.9. The number of carbonyl (C=O) groups is 1. The lowest BCUT2D eigenvalue weighted by Crippen LogP contribution is -2.27. The third-order valence-electron chi connectivity index (χ3n) is 4.79. The summed E-state index contributed by atoms with van der Waals surface area (Å²) in [7, 11) is 1.79. The number of thioether (sulfide) groups is 1. The molecule has 0 saturated carbocycles. The molecule has 0 unspecified atom stereocenters. The summed E-state index contributed by atoms with van der Waals surface area (Å²) in [6.45, 7) is 2.57. The Balaban J connectivity index is 1.61. The van der Waals surface area contributed by atoms with Crippen LogP contribution in [0.3, 0.4) is 0 Å². The number of hydrogen-bond acceptors (Lipinski definition) is 5. The van der Waals surface area contributed by atoms with Crippen LogP contribution in [0.15, 0.2) is 70.5 Å². The molecule has 2 aromatic heterocycles. The summed E-state index contributed by atoms with van der Waals surface area (Å²) in [5.41, 5.74) is 3.40. The molecular formula is C23H21FN4OS2. The Morgan fingerprint density at radius 3 is 2.61 bits per heavy atom. The summed E-state index contributed by atoms with van der Waals surface area (Å²) in [6.07, 6.45) is 0. The van der Waals surface area contributed by atoms with E-state index in [0.29, 0.717) is 23.1 Å². The molecule has 5 nitrogen and oxygen atoms in total. The van der Waals surface area contributed by atoms with Crippen LogP contribution in [0.4, 0.5) is 4.39 Å². The fourth-order valence-corrected chi connectivity index (χ4v) is 4.64. The van der Waals surface area contributed by atoms with Gasteiger partial charge in [-0.05, 0) is 53.6 Å². The molecule has 0 aliphatic rings. The maximum atomic E-state index is 14.5. The molecule has 0 aliphatic carbocycles. The second kappa shape index (κ2) is 9.45. The van der Waals surface area contributed by atoms with E-state index in [9.17, 15) is 9.18 Å². The van der Waals surface area contributed by atoms with Crippen LogP contribution in [0.2, 0.25) is 0 Å². The van der Waals surface area contributed by atoms with E-state index in [1.54, 1.807) is 46.1 Å². The van der Waals surface area contributed by atoms with E-state index in [-0.39, 0.29) is 17.5 Å². The van der Waals surface area contributed by atoms with E-state index < -0.39 is 0 Å². The first-order chi connectivity index (χ1) is 15.0. The topological polar surface area (TPSA) is 51.0 Å². The van der Waals surface area contributed by atoms with Gasteiger partial charge in [-0.3, -0.25) is 9.36 Å². The van der Waals surface area contributed by atoms with Crippen molar-refractivity contribution in [3.05, 3.63) is 82.3 Å². The number of aryl methyl sites for hydroxylation is 1. The first-order valence-electron chi connectivity index (χ1n) is 9.68. The second-order valence-electron chi connectivity index (χ2n) is 7.13. The number of halogens is 1. The van der Waals surface area contributed by atoms with Gasteiger partial charge in [0.2, 0.25) is 5.91 Å². The molecular weight excluding hydrogens is 431 g/mol. The Kier molecular flexibility index (Phi) is 6.48. The zero-order valence-electron chi connectivity index (χ0n) is 17.2. The molecule has 31 heavy (non-hydrogen) atoms. The highest BCUT2D eigenvalue weighted by Gasteiger charge is 2.20. The van der Waals surface area contributed by atoms with Gasteiger partial charge < -0.3 is 4.90 Å². The van der Waals surface area contributed by atoms with Crippen molar-refractivity contribution in [2.45, 2.75) is 18.6 Å². The second-order valence-corrected chi connectivity index (χ2v) is 8.85. The number of carbonyl (C=O) groups excluding carboxylic acids is 1. The lowest BCUT2D eigenvalue weighted by Gasteiger charge is -2.16. The van der Waals surface area contributed by atoms with Crippen LogP contribution < -0.4 is 0 Å². The van der Waals surface area contributed by atoms with Crippen LogP contribution in [0.5, 0.6) is 0 Å². The molecule has 4 aromatic rings. The zero-order chi connectivity index (χ0) is 21.8. The van der Waals surface area contributed by atoms with E-state index in [2.05, 4.69) is 10.2 Å². The molecule has 0 bridgehead atoms. The van der Waals surface area contributed by atoms with Crippen molar-refractivity contribution < 1.29 is 9.18 Å². The Morgan fingerprint density at radius 1 is 1.13 bits per heavy atom. The van der Waals surface area contributed by atoms with Gasteiger partial charge in [-0.2, -0.15) is 11.3 Å². The fraction of sp³-hybridized carbons (Fsp3) is 0.174. The molecule has 2 aromatic carbocycles. The first kappa shape index (κ1) is 21.3. The maximum absolute atomic E-state index is 14.5. The quantitative estimate of drug-likeness (QED) is 0.362. The molecule has 1 amide bonds. The average molecular weight is 453 g/mol. The largest absolute Gasteiger partial charge is 0.341 e. The first-order valence-corrected chi connectivity index (χ1v) is 11.6. The Morgan fingerprint density at radius 2 is 1.90 bits per heavy atom. The fourth-order valence-electron chi connectivity index (χ4n) is 3.09. The van der Waals surface area contributed by atoms with Crippen LogP contribution in [0, 0.1) is 12.7 Å². The van der Waals surface area contributed by atoms with E-state index in [4.69, 9.17) is 0 Å². The minimum absolute atomic E-state index is 0.0119. The Hall–Kier alpha value is -2.97. The smallest absolute Gasteiger partial charge is 0.233 e. The average Bonchev–Trinajstić information content (AvgIpc) is 3.43. The van der Waals surface area contributed by atoms with Gasteiger partial charge in [-0.25, -0.2) is 4.39 Å². The van der Waals surface area contributed by atoms with Gasteiger partial charge in [0.25, 0.3) is 0 Å². The van der Waals surface area contributed by atoms with E-state index >= 15 is 0 Å². The summed E-state index contributed by atoms with van der Waals surface area (Å²) < 4.78 is 16.3. The molecule has 0 atom stereocenters. The van der Waals surface area contributed by atoms with Crippen molar-refractivity contribution >= 4 is 29.0 Å². The van der Waals surface area contributed by atoms with E-state index in [1.165, 1.54) is 17.8 Å². The molecule has 0 spiro atoms. The molecule has 2 heterocycles. The lowest BCUT2D eigenvalue weighted by molar-refractivity contribution is -0.127. The molecule has 0 radical (unpaired) electrons. The lowest BCUT2D eigenvalue weighted by atomic mass is 10.2. The van der Waals surface area contributed by atoms with Gasteiger partial charge in [-0.15, -0.1) is 10.2 Å². The number of rotatable bonds is 7. The van der Waals surface area contributed by atoms with Crippen LogP contribution in [-0.2, 0) is 11.3 Å². The molecule has 4 rings (SSSR count). The summed E-state index contributed by atoms with van der Waals surface area (Å²) >= 11 is 2.91. The maximum Gasteiger partial charge on any atom is 0.233 e. The summed E-state index contributed by atoms with van der Waals surface area (Å²) in [5.74, 6) is 0.235.